The summed E-state index contributed by atoms with van der Waals surface area (Å²) >= 11 is 0. The Kier molecular flexibility index (Phi) is 5.96. The number of hydrogen-bond donors (Lipinski definition) is 2. The van der Waals surface area contributed by atoms with Gasteiger partial charge in [0.1, 0.15) is 5.75 Å². The highest BCUT2D eigenvalue weighted by molar-refractivity contribution is 7.89. The van der Waals surface area contributed by atoms with E-state index in [9.17, 15) is 8.42 Å². The minimum atomic E-state index is -3.35. The second kappa shape index (κ2) is 7.26. The Morgan fingerprint density at radius 3 is 2.53 bits per heavy atom. The van der Waals surface area contributed by atoms with E-state index in [4.69, 9.17) is 9.88 Å². The molecular formula is C11H18N2O3S. The zero-order valence-electron chi connectivity index (χ0n) is 9.63. The van der Waals surface area contributed by atoms with Crippen molar-refractivity contribution < 1.29 is 13.2 Å². The fraction of sp³-hybridized carbons (Fsp3) is 0.455. The Hall–Kier alpha value is -1.11. The van der Waals surface area contributed by atoms with E-state index in [0.29, 0.717) is 19.7 Å². The molecule has 0 saturated heterocycles. The molecule has 0 bridgehead atoms. The fourth-order valence-corrected chi connectivity index (χ4v) is 1.67. The van der Waals surface area contributed by atoms with E-state index >= 15 is 0 Å². The van der Waals surface area contributed by atoms with Gasteiger partial charge in [0.2, 0.25) is 10.0 Å². The van der Waals surface area contributed by atoms with Crippen LogP contribution in [-0.4, -0.2) is 33.9 Å². The van der Waals surface area contributed by atoms with Crippen molar-refractivity contribution in [1.29, 1.82) is 0 Å². The summed E-state index contributed by atoms with van der Waals surface area (Å²) in [6, 6.07) is 9.56. The maximum absolute atomic E-state index is 10.6. The normalized spacial score (nSPS) is 11.4. The lowest BCUT2D eigenvalue weighted by molar-refractivity contribution is 0.309. The van der Waals surface area contributed by atoms with Crippen LogP contribution in [0.1, 0.15) is 6.42 Å². The molecule has 0 aliphatic carbocycles. The van der Waals surface area contributed by atoms with Crippen molar-refractivity contribution in [3.8, 4) is 5.75 Å². The van der Waals surface area contributed by atoms with E-state index in [1.807, 2.05) is 30.3 Å². The zero-order chi connectivity index (χ0) is 12.6. The summed E-state index contributed by atoms with van der Waals surface area (Å²) in [7, 11) is -3.35. The summed E-state index contributed by atoms with van der Waals surface area (Å²) in [5, 5.41) is 7.85. The number of ether oxygens (including phenoxy) is 1. The maximum Gasteiger partial charge on any atom is 0.210 e. The molecule has 0 saturated carbocycles. The molecule has 96 valence electrons. The van der Waals surface area contributed by atoms with E-state index in [2.05, 4.69) is 5.32 Å². The molecular weight excluding hydrogens is 240 g/mol. The fourth-order valence-electron chi connectivity index (χ4n) is 1.24. The molecule has 0 spiro atoms. The second-order valence-corrected chi connectivity index (χ2v) is 5.37. The Labute approximate surface area is 102 Å². The van der Waals surface area contributed by atoms with Crippen molar-refractivity contribution in [2.24, 2.45) is 5.14 Å². The van der Waals surface area contributed by atoms with Crippen LogP contribution in [0.3, 0.4) is 0 Å². The first-order valence-electron chi connectivity index (χ1n) is 5.47. The highest BCUT2D eigenvalue weighted by Gasteiger charge is 2.00. The number of rotatable bonds is 8. The number of nitrogens with two attached hydrogens (primary N) is 1. The van der Waals surface area contributed by atoms with E-state index < -0.39 is 10.0 Å². The smallest absolute Gasteiger partial charge is 0.210 e. The number of hydrogen-bond acceptors (Lipinski definition) is 4. The third-order valence-corrected chi connectivity index (χ3v) is 2.85. The molecule has 3 N–H and O–H groups in total. The van der Waals surface area contributed by atoms with Crippen molar-refractivity contribution in [2.45, 2.75) is 6.42 Å². The van der Waals surface area contributed by atoms with Gasteiger partial charge in [-0.1, -0.05) is 18.2 Å². The standard InChI is InChI=1S/C11H18N2O3S/c12-17(14,15)10-8-13-7-4-9-16-11-5-2-1-3-6-11/h1-3,5-6,13H,4,7-10H2,(H2,12,14,15). The lowest BCUT2D eigenvalue weighted by Crippen LogP contribution is -2.28. The van der Waals surface area contributed by atoms with Crippen LogP contribution in [0.25, 0.3) is 0 Å². The van der Waals surface area contributed by atoms with Gasteiger partial charge in [-0.25, -0.2) is 13.6 Å². The quantitative estimate of drug-likeness (QED) is 0.659. The Morgan fingerprint density at radius 1 is 1.18 bits per heavy atom. The van der Waals surface area contributed by atoms with Crippen LogP contribution in [0.4, 0.5) is 0 Å². The molecule has 0 amide bonds. The lowest BCUT2D eigenvalue weighted by atomic mass is 10.3. The molecule has 6 heteroatoms. The van der Waals surface area contributed by atoms with E-state index in [-0.39, 0.29) is 5.75 Å². The number of benzene rings is 1. The van der Waals surface area contributed by atoms with Crippen LogP contribution in [0.5, 0.6) is 5.75 Å². The summed E-state index contributed by atoms with van der Waals surface area (Å²) in [6.07, 6.45) is 0.819. The monoisotopic (exact) mass is 258 g/mol. The molecule has 0 aliphatic heterocycles. The van der Waals surface area contributed by atoms with E-state index in [0.717, 1.165) is 12.2 Å². The van der Waals surface area contributed by atoms with Crippen LogP contribution < -0.4 is 15.2 Å². The largest absolute Gasteiger partial charge is 0.494 e. The molecule has 1 aromatic rings. The SMILES string of the molecule is NS(=O)(=O)CCNCCCOc1ccccc1. The first-order chi connectivity index (χ1) is 8.08. The van der Waals surface area contributed by atoms with Gasteiger partial charge in [0.25, 0.3) is 0 Å². The van der Waals surface area contributed by atoms with Crippen molar-refractivity contribution in [2.75, 3.05) is 25.4 Å². The first-order valence-corrected chi connectivity index (χ1v) is 7.18. The van der Waals surface area contributed by atoms with Crippen LogP contribution in [0.15, 0.2) is 30.3 Å². The first kappa shape index (κ1) is 14.0. The Morgan fingerprint density at radius 2 is 1.88 bits per heavy atom. The molecule has 0 heterocycles. The second-order valence-electron chi connectivity index (χ2n) is 3.63. The minimum absolute atomic E-state index is 0.0352. The predicted octanol–water partition coefficient (Wildman–Crippen LogP) is 0.334. The van der Waals surface area contributed by atoms with Gasteiger partial charge in [0, 0.05) is 6.54 Å². The van der Waals surface area contributed by atoms with Crippen molar-refractivity contribution >= 4 is 10.0 Å². The van der Waals surface area contributed by atoms with E-state index in [1.165, 1.54) is 0 Å². The van der Waals surface area contributed by atoms with Crippen LogP contribution in [-0.2, 0) is 10.0 Å². The zero-order valence-corrected chi connectivity index (χ0v) is 10.4. The van der Waals surface area contributed by atoms with Gasteiger partial charge in [0.15, 0.2) is 0 Å². The van der Waals surface area contributed by atoms with Gasteiger partial charge < -0.3 is 10.1 Å². The van der Waals surface area contributed by atoms with Gasteiger partial charge in [-0.3, -0.25) is 0 Å². The third-order valence-electron chi connectivity index (χ3n) is 2.07. The van der Waals surface area contributed by atoms with Crippen LogP contribution in [0, 0.1) is 0 Å². The van der Waals surface area contributed by atoms with Crippen LogP contribution in [0.2, 0.25) is 0 Å². The number of primary sulfonamides is 1. The van der Waals surface area contributed by atoms with Crippen LogP contribution >= 0.6 is 0 Å². The molecule has 0 atom stereocenters. The topological polar surface area (TPSA) is 81.4 Å². The predicted molar refractivity (Wildman–Crippen MR) is 67.4 cm³/mol. The molecule has 0 radical (unpaired) electrons. The summed E-state index contributed by atoms with van der Waals surface area (Å²) < 4.78 is 26.7. The number of para-hydroxylation sites is 1. The summed E-state index contributed by atoms with van der Waals surface area (Å²) in [5.74, 6) is 0.809. The van der Waals surface area contributed by atoms with Gasteiger partial charge in [-0.2, -0.15) is 0 Å². The highest BCUT2D eigenvalue weighted by atomic mass is 32.2. The highest BCUT2D eigenvalue weighted by Crippen LogP contribution is 2.07. The maximum atomic E-state index is 10.6. The third kappa shape index (κ3) is 7.73. The Bertz CT molecular complexity index is 406. The molecule has 1 rings (SSSR count). The van der Waals surface area contributed by atoms with Crippen molar-refractivity contribution in [1.82, 2.24) is 5.32 Å². The summed E-state index contributed by atoms with van der Waals surface area (Å²) in [5.41, 5.74) is 0. The van der Waals surface area contributed by atoms with Gasteiger partial charge in [-0.15, -0.1) is 0 Å². The molecule has 5 nitrogen and oxygen atoms in total. The van der Waals surface area contributed by atoms with Crippen molar-refractivity contribution in [3.63, 3.8) is 0 Å². The van der Waals surface area contributed by atoms with Gasteiger partial charge >= 0.3 is 0 Å². The average Bonchev–Trinajstić information content (AvgIpc) is 2.28. The Balaban J connectivity index is 1.99. The average molecular weight is 258 g/mol. The molecule has 17 heavy (non-hydrogen) atoms. The molecule has 0 aromatic heterocycles. The lowest BCUT2D eigenvalue weighted by Gasteiger charge is -2.06. The number of sulfonamides is 1. The minimum Gasteiger partial charge on any atom is -0.494 e. The van der Waals surface area contributed by atoms with Crippen molar-refractivity contribution in [3.05, 3.63) is 30.3 Å². The number of nitrogens with one attached hydrogen (secondary N) is 1. The summed E-state index contributed by atoms with van der Waals surface area (Å²) in [4.78, 5) is 0. The van der Waals surface area contributed by atoms with Gasteiger partial charge in [0.05, 0.1) is 12.4 Å². The van der Waals surface area contributed by atoms with E-state index in [1.54, 1.807) is 0 Å². The molecule has 0 unspecified atom stereocenters. The molecule has 0 fully saturated rings. The molecule has 0 aliphatic rings. The van der Waals surface area contributed by atoms with Gasteiger partial charge in [-0.05, 0) is 25.1 Å². The molecule has 1 aromatic carbocycles. The summed E-state index contributed by atoms with van der Waals surface area (Å²) in [6.45, 7) is 1.69.